The van der Waals surface area contributed by atoms with Crippen molar-refractivity contribution in [2.24, 2.45) is 0 Å². The second-order valence-electron chi connectivity index (χ2n) is 3.88. The molecule has 1 aromatic carbocycles. The van der Waals surface area contributed by atoms with Crippen LogP contribution < -0.4 is 0 Å². The van der Waals surface area contributed by atoms with E-state index in [0.717, 1.165) is 0 Å². The van der Waals surface area contributed by atoms with Crippen LogP contribution in [0.15, 0.2) is 13.5 Å². The van der Waals surface area contributed by atoms with Crippen molar-refractivity contribution in [1.82, 2.24) is 4.98 Å². The lowest BCUT2D eigenvalue weighted by Crippen LogP contribution is -2.04. The van der Waals surface area contributed by atoms with E-state index in [2.05, 4.69) is 52.8 Å². The first kappa shape index (κ1) is 16.1. The Morgan fingerprint density at radius 1 is 0.667 bits per heavy atom. The Kier molecular flexibility index (Phi) is 4.80. The summed E-state index contributed by atoms with van der Waals surface area (Å²) in [6, 6.07) is 0. The highest BCUT2D eigenvalue weighted by Crippen LogP contribution is 2.38. The zero-order valence-electron chi connectivity index (χ0n) is 10.0. The summed E-state index contributed by atoms with van der Waals surface area (Å²) in [5.41, 5.74) is 0.584. The summed E-state index contributed by atoms with van der Waals surface area (Å²) >= 11 is 9.50. The molecule has 0 N–H and O–H groups in total. The fraction of sp³-hybridized carbons (Fsp3) is 0. The van der Waals surface area contributed by atoms with Crippen LogP contribution in [-0.4, -0.2) is 30.1 Å². The van der Waals surface area contributed by atoms with Crippen molar-refractivity contribution in [3.05, 3.63) is 35.8 Å². The number of hydrogen-bond donors (Lipinski definition) is 0. The van der Waals surface area contributed by atoms with E-state index in [0.29, 0.717) is 25.1 Å². The van der Waals surface area contributed by atoms with E-state index < -0.39 is 0 Å². The summed E-state index contributed by atoms with van der Waals surface area (Å²) in [6.07, 6.45) is 2.04. The SMILES string of the molecule is O=Cc1c(Br)nc2c(C=O)c(Br)c(C=O)c(C=O)c2c1Br. The number of carbonyl (C=O) groups is 4. The predicted octanol–water partition coefficient (Wildman–Crippen LogP) is 3.77. The van der Waals surface area contributed by atoms with Crippen LogP contribution in [0.25, 0.3) is 10.9 Å². The minimum Gasteiger partial charge on any atom is -0.298 e. The maximum absolute atomic E-state index is 11.4. The minimum absolute atomic E-state index is 0.0290. The van der Waals surface area contributed by atoms with Gasteiger partial charge in [0.15, 0.2) is 25.1 Å². The molecule has 0 bridgehead atoms. The molecule has 2 rings (SSSR count). The summed E-state index contributed by atoms with van der Waals surface area (Å²) in [5.74, 6) is 0. The van der Waals surface area contributed by atoms with Gasteiger partial charge in [-0.05, 0) is 47.8 Å². The van der Waals surface area contributed by atoms with Crippen LogP contribution in [0.4, 0.5) is 0 Å². The molecule has 1 aromatic heterocycles. The Hall–Kier alpha value is -1.25. The number of carbonyl (C=O) groups excluding carboxylic acids is 4. The standard InChI is InChI=1S/C13H4Br3NO4/c14-10-6(2-19)5(1-18)9-11(15)8(4-21)13(16)17-12(9)7(10)3-20/h1-4H. The Labute approximate surface area is 143 Å². The number of aldehydes is 4. The normalized spacial score (nSPS) is 10.4. The van der Waals surface area contributed by atoms with Crippen LogP contribution in [0.2, 0.25) is 0 Å². The lowest BCUT2D eigenvalue weighted by atomic mass is 9.98. The third kappa shape index (κ3) is 2.41. The fourth-order valence-corrected chi connectivity index (χ4v) is 3.94. The molecule has 0 spiro atoms. The summed E-state index contributed by atoms with van der Waals surface area (Å²) in [5, 5.41) is 0.239. The molecule has 0 aliphatic carbocycles. The predicted molar refractivity (Wildman–Crippen MR) is 86.4 cm³/mol. The van der Waals surface area contributed by atoms with Crippen molar-refractivity contribution in [2.75, 3.05) is 0 Å². The lowest BCUT2D eigenvalue weighted by Gasteiger charge is -2.13. The molecule has 0 saturated heterocycles. The first-order valence-corrected chi connectivity index (χ1v) is 7.74. The van der Waals surface area contributed by atoms with Gasteiger partial charge in [-0.1, -0.05) is 0 Å². The van der Waals surface area contributed by atoms with Gasteiger partial charge < -0.3 is 0 Å². The Bertz CT molecular complexity index is 817. The number of rotatable bonds is 4. The molecule has 8 heteroatoms. The molecular formula is C13H4Br3NO4. The van der Waals surface area contributed by atoms with Gasteiger partial charge in [0.1, 0.15) is 4.60 Å². The molecule has 106 valence electrons. The molecule has 0 amide bonds. The van der Waals surface area contributed by atoms with Crippen LogP contribution in [0.3, 0.4) is 0 Å². The van der Waals surface area contributed by atoms with Crippen LogP contribution in [0.1, 0.15) is 41.4 Å². The highest BCUT2D eigenvalue weighted by atomic mass is 79.9. The van der Waals surface area contributed by atoms with Crippen LogP contribution in [0.5, 0.6) is 0 Å². The summed E-state index contributed by atoms with van der Waals surface area (Å²) in [4.78, 5) is 49.2. The van der Waals surface area contributed by atoms with E-state index in [4.69, 9.17) is 0 Å². The Morgan fingerprint density at radius 3 is 1.67 bits per heavy atom. The summed E-state index contributed by atoms with van der Waals surface area (Å²) in [7, 11) is 0. The third-order valence-electron chi connectivity index (χ3n) is 2.88. The maximum atomic E-state index is 11.4. The highest BCUT2D eigenvalue weighted by molar-refractivity contribution is 9.11. The number of pyridine rings is 1. The molecule has 0 fully saturated rings. The number of benzene rings is 1. The van der Waals surface area contributed by atoms with E-state index >= 15 is 0 Å². The maximum Gasteiger partial charge on any atom is 0.153 e. The zero-order valence-corrected chi connectivity index (χ0v) is 14.8. The van der Waals surface area contributed by atoms with Crippen LogP contribution >= 0.6 is 47.8 Å². The van der Waals surface area contributed by atoms with Crippen LogP contribution in [-0.2, 0) is 0 Å². The second-order valence-corrected chi connectivity index (χ2v) is 6.22. The van der Waals surface area contributed by atoms with E-state index in [1.807, 2.05) is 0 Å². The van der Waals surface area contributed by atoms with Gasteiger partial charge >= 0.3 is 0 Å². The van der Waals surface area contributed by atoms with E-state index in [-0.39, 0.29) is 46.7 Å². The van der Waals surface area contributed by atoms with Gasteiger partial charge in [0.25, 0.3) is 0 Å². The molecule has 0 unspecified atom stereocenters. The quantitative estimate of drug-likeness (QED) is 0.494. The first-order valence-electron chi connectivity index (χ1n) is 5.36. The molecule has 1 heterocycles. The highest BCUT2D eigenvalue weighted by Gasteiger charge is 2.22. The molecular weight excluding hydrogens is 474 g/mol. The topological polar surface area (TPSA) is 81.2 Å². The second kappa shape index (κ2) is 6.25. The molecule has 0 atom stereocenters. The molecule has 0 aliphatic heterocycles. The lowest BCUT2D eigenvalue weighted by molar-refractivity contribution is 0.109. The van der Waals surface area contributed by atoms with Crippen molar-refractivity contribution in [1.29, 1.82) is 0 Å². The van der Waals surface area contributed by atoms with Crippen molar-refractivity contribution < 1.29 is 19.2 Å². The van der Waals surface area contributed by atoms with Gasteiger partial charge in [-0.15, -0.1) is 0 Å². The van der Waals surface area contributed by atoms with Gasteiger partial charge in [-0.25, -0.2) is 4.98 Å². The monoisotopic (exact) mass is 475 g/mol. The molecule has 21 heavy (non-hydrogen) atoms. The van der Waals surface area contributed by atoms with Crippen molar-refractivity contribution >= 4 is 83.8 Å². The smallest absolute Gasteiger partial charge is 0.153 e. The number of hydrogen-bond acceptors (Lipinski definition) is 5. The summed E-state index contributed by atoms with van der Waals surface area (Å²) in [6.45, 7) is 0. The average molecular weight is 478 g/mol. The number of aromatic nitrogens is 1. The Morgan fingerprint density at radius 2 is 1.19 bits per heavy atom. The zero-order chi connectivity index (χ0) is 15.7. The number of nitrogens with zero attached hydrogens (tertiary/aromatic N) is 1. The fourth-order valence-electron chi connectivity index (χ4n) is 1.93. The largest absolute Gasteiger partial charge is 0.298 e. The van der Waals surface area contributed by atoms with Gasteiger partial charge in [-0.3, -0.25) is 19.2 Å². The van der Waals surface area contributed by atoms with Crippen LogP contribution in [0, 0.1) is 0 Å². The molecule has 0 aliphatic rings. The number of halogens is 3. The van der Waals surface area contributed by atoms with E-state index in [9.17, 15) is 19.2 Å². The van der Waals surface area contributed by atoms with Gasteiger partial charge in [0, 0.05) is 25.5 Å². The van der Waals surface area contributed by atoms with Gasteiger partial charge in [0.05, 0.1) is 16.6 Å². The average Bonchev–Trinajstić information content (AvgIpc) is 2.46. The minimum atomic E-state index is 0.0290. The summed E-state index contributed by atoms with van der Waals surface area (Å²) < 4.78 is 0.699. The molecule has 5 nitrogen and oxygen atoms in total. The van der Waals surface area contributed by atoms with Gasteiger partial charge in [-0.2, -0.15) is 0 Å². The molecule has 0 saturated carbocycles. The molecule has 2 aromatic rings. The third-order valence-corrected chi connectivity index (χ3v) is 5.17. The van der Waals surface area contributed by atoms with Crippen molar-refractivity contribution in [3.8, 4) is 0 Å². The molecule has 0 radical (unpaired) electrons. The Balaban J connectivity index is 3.24. The number of fused-ring (bicyclic) bond motifs is 1. The van der Waals surface area contributed by atoms with Crippen molar-refractivity contribution in [2.45, 2.75) is 0 Å². The van der Waals surface area contributed by atoms with Crippen molar-refractivity contribution in [3.63, 3.8) is 0 Å². The first-order chi connectivity index (χ1) is 10.0. The van der Waals surface area contributed by atoms with E-state index in [1.54, 1.807) is 0 Å². The van der Waals surface area contributed by atoms with E-state index in [1.165, 1.54) is 0 Å². The van der Waals surface area contributed by atoms with Gasteiger partial charge in [0.2, 0.25) is 0 Å².